The zero-order valence-corrected chi connectivity index (χ0v) is 13.6. The average Bonchev–Trinajstić information content (AvgIpc) is 2.60. The van der Waals surface area contributed by atoms with Crippen LogP contribution in [0, 0.1) is 0 Å². The van der Waals surface area contributed by atoms with Crippen molar-refractivity contribution in [3.05, 3.63) is 47.7 Å². The van der Waals surface area contributed by atoms with Crippen molar-refractivity contribution in [2.45, 2.75) is 13.0 Å². The van der Waals surface area contributed by atoms with Gasteiger partial charge >= 0.3 is 0 Å². The Morgan fingerprint density at radius 3 is 2.43 bits per heavy atom. The summed E-state index contributed by atoms with van der Waals surface area (Å²) < 4.78 is 15.5. The minimum atomic E-state index is -0.231. The Kier molecular flexibility index (Phi) is 5.41. The van der Waals surface area contributed by atoms with E-state index in [-0.39, 0.29) is 11.9 Å². The number of carbonyl (C=O) groups is 1. The van der Waals surface area contributed by atoms with Crippen LogP contribution in [-0.4, -0.2) is 32.2 Å². The number of ether oxygens (including phenoxy) is 3. The second kappa shape index (κ2) is 7.49. The molecule has 1 aromatic carbocycles. The molecular formula is C17H20N2O4. The lowest BCUT2D eigenvalue weighted by Crippen LogP contribution is -2.27. The smallest absolute Gasteiger partial charge is 0.253 e. The molecular weight excluding hydrogens is 296 g/mol. The van der Waals surface area contributed by atoms with E-state index in [1.807, 2.05) is 19.1 Å². The number of carbonyl (C=O) groups excluding carboxylic acids is 1. The number of rotatable bonds is 6. The lowest BCUT2D eigenvalue weighted by molar-refractivity contribution is 0.0939. The zero-order valence-electron chi connectivity index (χ0n) is 13.6. The number of hydrogen-bond acceptors (Lipinski definition) is 5. The standard InChI is InChI=1S/C17H20N2O4/c1-11(14-7-6-13(21-2)9-15(14)22-3)19-17(20)12-5-8-16(23-4)18-10-12/h5-11H,1-4H3,(H,19,20). The van der Waals surface area contributed by atoms with Crippen LogP contribution < -0.4 is 19.5 Å². The van der Waals surface area contributed by atoms with Crippen LogP contribution in [0.15, 0.2) is 36.5 Å². The monoisotopic (exact) mass is 316 g/mol. The van der Waals surface area contributed by atoms with Crippen LogP contribution in [0.2, 0.25) is 0 Å². The fourth-order valence-electron chi connectivity index (χ4n) is 2.17. The van der Waals surface area contributed by atoms with Gasteiger partial charge in [0, 0.05) is 23.9 Å². The molecule has 122 valence electrons. The van der Waals surface area contributed by atoms with Crippen molar-refractivity contribution in [1.29, 1.82) is 0 Å². The molecule has 2 rings (SSSR count). The Hall–Kier alpha value is -2.76. The molecule has 0 fully saturated rings. The third-order valence-corrected chi connectivity index (χ3v) is 3.46. The molecule has 1 N–H and O–H groups in total. The van der Waals surface area contributed by atoms with Gasteiger partial charge in [0.1, 0.15) is 11.5 Å². The van der Waals surface area contributed by atoms with Gasteiger partial charge in [-0.25, -0.2) is 4.98 Å². The van der Waals surface area contributed by atoms with Crippen molar-refractivity contribution < 1.29 is 19.0 Å². The first-order chi connectivity index (χ1) is 11.1. The summed E-state index contributed by atoms with van der Waals surface area (Å²) in [6.07, 6.45) is 1.48. The van der Waals surface area contributed by atoms with Gasteiger partial charge in [0.15, 0.2) is 0 Å². The van der Waals surface area contributed by atoms with E-state index in [0.29, 0.717) is 22.9 Å². The van der Waals surface area contributed by atoms with Gasteiger partial charge in [0.05, 0.1) is 32.9 Å². The summed E-state index contributed by atoms with van der Waals surface area (Å²) in [4.78, 5) is 16.3. The number of benzene rings is 1. The van der Waals surface area contributed by atoms with E-state index in [4.69, 9.17) is 14.2 Å². The summed E-state index contributed by atoms with van der Waals surface area (Å²) in [5.41, 5.74) is 1.33. The summed E-state index contributed by atoms with van der Waals surface area (Å²) in [6.45, 7) is 1.89. The van der Waals surface area contributed by atoms with Gasteiger partial charge in [-0.15, -0.1) is 0 Å². The molecule has 1 aromatic heterocycles. The molecule has 0 aliphatic rings. The number of nitrogens with zero attached hydrogens (tertiary/aromatic N) is 1. The molecule has 0 radical (unpaired) electrons. The van der Waals surface area contributed by atoms with Crippen LogP contribution in [-0.2, 0) is 0 Å². The van der Waals surface area contributed by atoms with E-state index < -0.39 is 0 Å². The Morgan fingerprint density at radius 2 is 1.87 bits per heavy atom. The summed E-state index contributed by atoms with van der Waals surface area (Å²) in [6, 6.07) is 8.56. The van der Waals surface area contributed by atoms with Gasteiger partial charge in [-0.2, -0.15) is 0 Å². The Morgan fingerprint density at radius 1 is 1.09 bits per heavy atom. The molecule has 1 unspecified atom stereocenters. The van der Waals surface area contributed by atoms with Crippen LogP contribution in [0.25, 0.3) is 0 Å². The predicted molar refractivity (Wildman–Crippen MR) is 86.2 cm³/mol. The van der Waals surface area contributed by atoms with Crippen molar-refractivity contribution in [3.8, 4) is 17.4 Å². The van der Waals surface area contributed by atoms with E-state index in [9.17, 15) is 4.79 Å². The van der Waals surface area contributed by atoms with Gasteiger partial charge in [0.2, 0.25) is 5.88 Å². The maximum absolute atomic E-state index is 12.3. The molecule has 23 heavy (non-hydrogen) atoms. The Bertz CT molecular complexity index is 671. The molecule has 0 saturated carbocycles. The van der Waals surface area contributed by atoms with Crippen molar-refractivity contribution in [1.82, 2.24) is 10.3 Å². The summed E-state index contributed by atoms with van der Waals surface area (Å²) in [5, 5.41) is 2.92. The van der Waals surface area contributed by atoms with E-state index >= 15 is 0 Å². The van der Waals surface area contributed by atoms with Crippen molar-refractivity contribution in [2.24, 2.45) is 0 Å². The summed E-state index contributed by atoms with van der Waals surface area (Å²) >= 11 is 0. The van der Waals surface area contributed by atoms with Gasteiger partial charge in [0.25, 0.3) is 5.91 Å². The van der Waals surface area contributed by atoms with Gasteiger partial charge < -0.3 is 19.5 Å². The highest BCUT2D eigenvalue weighted by Gasteiger charge is 2.16. The highest BCUT2D eigenvalue weighted by molar-refractivity contribution is 5.94. The first-order valence-corrected chi connectivity index (χ1v) is 7.12. The fraction of sp³-hybridized carbons (Fsp3) is 0.294. The van der Waals surface area contributed by atoms with Crippen molar-refractivity contribution >= 4 is 5.91 Å². The average molecular weight is 316 g/mol. The minimum absolute atomic E-state index is 0.217. The third-order valence-electron chi connectivity index (χ3n) is 3.46. The molecule has 1 atom stereocenters. The lowest BCUT2D eigenvalue weighted by Gasteiger charge is -2.18. The number of nitrogens with one attached hydrogen (secondary N) is 1. The lowest BCUT2D eigenvalue weighted by atomic mass is 10.1. The highest BCUT2D eigenvalue weighted by atomic mass is 16.5. The minimum Gasteiger partial charge on any atom is -0.497 e. The van der Waals surface area contributed by atoms with Crippen LogP contribution in [0.5, 0.6) is 17.4 Å². The molecule has 2 aromatic rings. The van der Waals surface area contributed by atoms with E-state index in [1.165, 1.54) is 13.3 Å². The second-order valence-corrected chi connectivity index (χ2v) is 4.89. The van der Waals surface area contributed by atoms with Crippen LogP contribution in [0.4, 0.5) is 0 Å². The molecule has 0 spiro atoms. The first kappa shape index (κ1) is 16.6. The topological polar surface area (TPSA) is 69.7 Å². The van der Waals surface area contributed by atoms with Crippen molar-refractivity contribution in [3.63, 3.8) is 0 Å². The maximum atomic E-state index is 12.3. The van der Waals surface area contributed by atoms with Crippen LogP contribution in [0.1, 0.15) is 28.9 Å². The van der Waals surface area contributed by atoms with Gasteiger partial charge in [-0.05, 0) is 25.1 Å². The van der Waals surface area contributed by atoms with Crippen LogP contribution in [0.3, 0.4) is 0 Å². The Balaban J connectivity index is 2.14. The number of pyridine rings is 1. The van der Waals surface area contributed by atoms with E-state index in [0.717, 1.165) is 5.56 Å². The first-order valence-electron chi connectivity index (χ1n) is 7.12. The molecule has 6 nitrogen and oxygen atoms in total. The zero-order chi connectivity index (χ0) is 16.8. The summed E-state index contributed by atoms with van der Waals surface area (Å²) in [5.74, 6) is 1.60. The second-order valence-electron chi connectivity index (χ2n) is 4.89. The third kappa shape index (κ3) is 3.91. The number of hydrogen-bond donors (Lipinski definition) is 1. The molecule has 0 bridgehead atoms. The number of amides is 1. The van der Waals surface area contributed by atoms with Gasteiger partial charge in [-0.3, -0.25) is 4.79 Å². The SMILES string of the molecule is COc1ccc(C(C)NC(=O)c2ccc(OC)nc2)c(OC)c1. The molecule has 0 aliphatic carbocycles. The maximum Gasteiger partial charge on any atom is 0.253 e. The van der Waals surface area contributed by atoms with Crippen LogP contribution >= 0.6 is 0 Å². The Labute approximate surface area is 135 Å². The molecule has 1 heterocycles. The largest absolute Gasteiger partial charge is 0.497 e. The van der Waals surface area contributed by atoms with Gasteiger partial charge in [-0.1, -0.05) is 0 Å². The summed E-state index contributed by atoms with van der Waals surface area (Å²) in [7, 11) is 4.71. The highest BCUT2D eigenvalue weighted by Crippen LogP contribution is 2.29. The normalized spacial score (nSPS) is 11.5. The molecule has 1 amide bonds. The molecule has 0 aliphatic heterocycles. The number of aromatic nitrogens is 1. The van der Waals surface area contributed by atoms with E-state index in [2.05, 4.69) is 10.3 Å². The van der Waals surface area contributed by atoms with E-state index in [1.54, 1.807) is 32.4 Å². The fourth-order valence-corrected chi connectivity index (χ4v) is 2.17. The molecule has 0 saturated heterocycles. The number of methoxy groups -OCH3 is 3. The quantitative estimate of drug-likeness (QED) is 0.887. The van der Waals surface area contributed by atoms with Crippen molar-refractivity contribution in [2.75, 3.05) is 21.3 Å². The molecule has 6 heteroatoms. The predicted octanol–water partition coefficient (Wildman–Crippen LogP) is 2.60.